The smallest absolute Gasteiger partial charge is 0.228 e. The van der Waals surface area contributed by atoms with E-state index in [0.717, 1.165) is 39.0 Å². The maximum Gasteiger partial charge on any atom is 0.228 e. The second-order valence-corrected chi connectivity index (χ2v) is 6.07. The van der Waals surface area contributed by atoms with Crippen molar-refractivity contribution < 1.29 is 9.53 Å². The van der Waals surface area contributed by atoms with Gasteiger partial charge < -0.3 is 15.0 Å². The number of nitrogens with one attached hydrogen (secondary N) is 1. The van der Waals surface area contributed by atoms with Gasteiger partial charge >= 0.3 is 0 Å². The highest BCUT2D eigenvalue weighted by Gasteiger charge is 2.32. The van der Waals surface area contributed by atoms with Gasteiger partial charge in [0.1, 0.15) is 0 Å². The molecule has 0 spiro atoms. The van der Waals surface area contributed by atoms with Gasteiger partial charge in [-0.15, -0.1) is 0 Å². The van der Waals surface area contributed by atoms with Gasteiger partial charge in [-0.05, 0) is 51.6 Å². The standard InChI is InChI=1S/C15H28N2O2/c1-3-7-17(10-13-5-4-6-16-9-13)15(18)14-8-12(2)19-11-14/h12-14,16H,3-11H2,1-2H3. The van der Waals surface area contributed by atoms with Crippen molar-refractivity contribution in [3.05, 3.63) is 0 Å². The molecule has 3 atom stereocenters. The number of amides is 1. The molecule has 110 valence electrons. The van der Waals surface area contributed by atoms with Gasteiger partial charge in [0.25, 0.3) is 0 Å². The maximum absolute atomic E-state index is 12.6. The molecule has 1 N–H and O–H groups in total. The van der Waals surface area contributed by atoms with Crippen molar-refractivity contribution in [2.45, 2.75) is 45.6 Å². The Morgan fingerprint density at radius 2 is 2.32 bits per heavy atom. The number of hydrogen-bond acceptors (Lipinski definition) is 3. The Hall–Kier alpha value is -0.610. The summed E-state index contributed by atoms with van der Waals surface area (Å²) in [6.45, 7) is 8.82. The van der Waals surface area contributed by atoms with E-state index < -0.39 is 0 Å². The topological polar surface area (TPSA) is 41.6 Å². The van der Waals surface area contributed by atoms with Crippen LogP contribution in [-0.2, 0) is 9.53 Å². The number of carbonyl (C=O) groups excluding carboxylic acids is 1. The predicted molar refractivity (Wildman–Crippen MR) is 76.0 cm³/mol. The molecule has 1 amide bonds. The minimum Gasteiger partial charge on any atom is -0.378 e. The molecule has 0 aromatic carbocycles. The van der Waals surface area contributed by atoms with E-state index >= 15 is 0 Å². The average Bonchev–Trinajstić information content (AvgIpc) is 2.85. The average molecular weight is 268 g/mol. The first-order valence-corrected chi connectivity index (χ1v) is 7.81. The maximum atomic E-state index is 12.6. The van der Waals surface area contributed by atoms with Crippen LogP contribution >= 0.6 is 0 Å². The van der Waals surface area contributed by atoms with E-state index in [4.69, 9.17) is 4.74 Å². The minimum atomic E-state index is 0.0955. The fraction of sp³-hybridized carbons (Fsp3) is 0.933. The quantitative estimate of drug-likeness (QED) is 0.824. The zero-order chi connectivity index (χ0) is 13.7. The van der Waals surface area contributed by atoms with E-state index in [0.29, 0.717) is 18.4 Å². The number of nitrogens with zero attached hydrogens (tertiary/aromatic N) is 1. The summed E-state index contributed by atoms with van der Waals surface area (Å²) in [7, 11) is 0. The fourth-order valence-corrected chi connectivity index (χ4v) is 3.20. The first kappa shape index (κ1) is 14.8. The molecule has 2 aliphatic rings. The number of hydrogen-bond donors (Lipinski definition) is 1. The first-order chi connectivity index (χ1) is 9.20. The third kappa shape index (κ3) is 4.18. The van der Waals surface area contributed by atoms with Gasteiger partial charge in [0, 0.05) is 13.1 Å². The van der Waals surface area contributed by atoms with Gasteiger partial charge in [0.05, 0.1) is 18.6 Å². The van der Waals surface area contributed by atoms with Crippen molar-refractivity contribution in [3.63, 3.8) is 0 Å². The van der Waals surface area contributed by atoms with Crippen LogP contribution in [-0.4, -0.2) is 49.7 Å². The van der Waals surface area contributed by atoms with Gasteiger partial charge in [0.15, 0.2) is 0 Å². The molecule has 0 aromatic rings. The second-order valence-electron chi connectivity index (χ2n) is 6.07. The number of rotatable bonds is 5. The lowest BCUT2D eigenvalue weighted by atomic mass is 9.97. The predicted octanol–water partition coefficient (Wildman–Crippen LogP) is 1.65. The lowest BCUT2D eigenvalue weighted by Gasteiger charge is -2.31. The van der Waals surface area contributed by atoms with Crippen LogP contribution in [0.1, 0.15) is 39.5 Å². The van der Waals surface area contributed by atoms with Crippen LogP contribution in [0.25, 0.3) is 0 Å². The Morgan fingerprint density at radius 1 is 1.47 bits per heavy atom. The van der Waals surface area contributed by atoms with Crippen LogP contribution in [0, 0.1) is 11.8 Å². The zero-order valence-corrected chi connectivity index (χ0v) is 12.4. The Labute approximate surface area is 116 Å². The molecule has 0 radical (unpaired) electrons. The van der Waals surface area contributed by atoms with Crippen molar-refractivity contribution >= 4 is 5.91 Å². The molecule has 0 bridgehead atoms. The monoisotopic (exact) mass is 268 g/mol. The lowest BCUT2D eigenvalue weighted by Crippen LogP contribution is -2.43. The molecule has 3 unspecified atom stereocenters. The third-order valence-electron chi connectivity index (χ3n) is 4.23. The summed E-state index contributed by atoms with van der Waals surface area (Å²) in [6.07, 6.45) is 4.66. The molecule has 4 nitrogen and oxygen atoms in total. The molecule has 0 aromatic heterocycles. The van der Waals surface area contributed by atoms with Crippen molar-refractivity contribution in [2.75, 3.05) is 32.8 Å². The van der Waals surface area contributed by atoms with Crippen LogP contribution in [0.3, 0.4) is 0 Å². The Morgan fingerprint density at radius 3 is 2.89 bits per heavy atom. The summed E-state index contributed by atoms with van der Waals surface area (Å²) in [5, 5.41) is 3.44. The fourth-order valence-electron chi connectivity index (χ4n) is 3.20. The summed E-state index contributed by atoms with van der Waals surface area (Å²) >= 11 is 0. The highest BCUT2D eigenvalue weighted by atomic mass is 16.5. The van der Waals surface area contributed by atoms with E-state index in [1.165, 1.54) is 12.8 Å². The SMILES string of the molecule is CCCN(CC1CCCNC1)C(=O)C1COC(C)C1. The molecular weight excluding hydrogens is 240 g/mol. The summed E-state index contributed by atoms with van der Waals surface area (Å²) in [4.78, 5) is 14.7. The Kier molecular flexibility index (Phi) is 5.64. The third-order valence-corrected chi connectivity index (χ3v) is 4.23. The van der Waals surface area contributed by atoms with Crippen LogP contribution in [0.2, 0.25) is 0 Å². The Bertz CT molecular complexity index is 290. The van der Waals surface area contributed by atoms with E-state index in [1.807, 2.05) is 0 Å². The molecule has 0 aliphatic carbocycles. The molecule has 19 heavy (non-hydrogen) atoms. The minimum absolute atomic E-state index is 0.0955. The van der Waals surface area contributed by atoms with Gasteiger partial charge in [-0.1, -0.05) is 6.92 Å². The number of carbonyl (C=O) groups is 1. The lowest BCUT2D eigenvalue weighted by molar-refractivity contribution is -0.136. The van der Waals surface area contributed by atoms with Gasteiger partial charge in [-0.3, -0.25) is 4.79 Å². The normalized spacial score (nSPS) is 31.4. The van der Waals surface area contributed by atoms with Gasteiger partial charge in [0.2, 0.25) is 5.91 Å². The van der Waals surface area contributed by atoms with Crippen LogP contribution in [0.15, 0.2) is 0 Å². The molecule has 2 fully saturated rings. The van der Waals surface area contributed by atoms with Crippen molar-refractivity contribution in [1.82, 2.24) is 10.2 Å². The van der Waals surface area contributed by atoms with Gasteiger partial charge in [-0.2, -0.15) is 0 Å². The zero-order valence-electron chi connectivity index (χ0n) is 12.4. The van der Waals surface area contributed by atoms with E-state index in [1.54, 1.807) is 0 Å². The van der Waals surface area contributed by atoms with Crippen molar-refractivity contribution in [2.24, 2.45) is 11.8 Å². The first-order valence-electron chi connectivity index (χ1n) is 7.81. The number of ether oxygens (including phenoxy) is 1. The molecule has 2 rings (SSSR count). The Balaban J connectivity index is 1.88. The summed E-state index contributed by atoms with van der Waals surface area (Å²) in [5.41, 5.74) is 0. The molecule has 2 aliphatic heterocycles. The van der Waals surface area contributed by atoms with Gasteiger partial charge in [-0.25, -0.2) is 0 Å². The van der Waals surface area contributed by atoms with E-state index in [-0.39, 0.29) is 12.0 Å². The van der Waals surface area contributed by atoms with E-state index in [9.17, 15) is 4.79 Å². The summed E-state index contributed by atoms with van der Waals surface area (Å²) in [5.74, 6) is 1.04. The molecule has 0 saturated carbocycles. The molecule has 2 saturated heterocycles. The summed E-state index contributed by atoms with van der Waals surface area (Å²) < 4.78 is 5.54. The van der Waals surface area contributed by atoms with Crippen LogP contribution in [0.4, 0.5) is 0 Å². The van der Waals surface area contributed by atoms with Crippen molar-refractivity contribution in [1.29, 1.82) is 0 Å². The van der Waals surface area contributed by atoms with Crippen LogP contribution < -0.4 is 5.32 Å². The van der Waals surface area contributed by atoms with Crippen molar-refractivity contribution in [3.8, 4) is 0 Å². The molecular formula is C15H28N2O2. The summed E-state index contributed by atoms with van der Waals surface area (Å²) in [6, 6.07) is 0. The van der Waals surface area contributed by atoms with Crippen LogP contribution in [0.5, 0.6) is 0 Å². The largest absolute Gasteiger partial charge is 0.378 e. The van der Waals surface area contributed by atoms with E-state index in [2.05, 4.69) is 24.1 Å². The second kappa shape index (κ2) is 7.25. The highest BCUT2D eigenvalue weighted by molar-refractivity contribution is 5.79. The number of piperidine rings is 1. The molecule has 2 heterocycles. The highest BCUT2D eigenvalue weighted by Crippen LogP contribution is 2.22. The molecule has 4 heteroatoms.